The van der Waals surface area contributed by atoms with Gasteiger partial charge in [0.15, 0.2) is 0 Å². The van der Waals surface area contributed by atoms with Crippen LogP contribution in [0.3, 0.4) is 0 Å². The molecule has 0 aliphatic carbocycles. The first-order chi connectivity index (χ1) is 16.6. The summed E-state index contributed by atoms with van der Waals surface area (Å²) in [5, 5.41) is 16.2. The number of ether oxygens (including phenoxy) is 1. The van der Waals surface area contributed by atoms with Gasteiger partial charge in [-0.15, -0.1) is 0 Å². The fourth-order valence-corrected chi connectivity index (χ4v) is 4.31. The highest BCUT2D eigenvalue weighted by atomic mass is 16.5. The molecule has 6 nitrogen and oxygen atoms in total. The van der Waals surface area contributed by atoms with Crippen molar-refractivity contribution in [2.75, 3.05) is 45.7 Å². The molecule has 1 saturated heterocycles. The van der Waals surface area contributed by atoms with Crippen LogP contribution in [0.1, 0.15) is 19.4 Å². The van der Waals surface area contributed by atoms with E-state index in [9.17, 15) is 5.11 Å². The van der Waals surface area contributed by atoms with Crippen LogP contribution in [0.25, 0.3) is 21.8 Å². The van der Waals surface area contributed by atoms with E-state index in [1.165, 1.54) is 0 Å². The van der Waals surface area contributed by atoms with Gasteiger partial charge in [0, 0.05) is 54.7 Å². The molecule has 5 rings (SSSR count). The van der Waals surface area contributed by atoms with Crippen molar-refractivity contribution in [3.8, 4) is 11.5 Å². The molecule has 0 amide bonds. The number of nitrogens with zero attached hydrogens (tertiary/aromatic N) is 3. The Balaban J connectivity index is 0.00000133. The molecule has 1 aromatic heterocycles. The van der Waals surface area contributed by atoms with E-state index in [4.69, 9.17) is 9.72 Å². The first kappa shape index (κ1) is 23.8. The van der Waals surface area contributed by atoms with Gasteiger partial charge in [-0.25, -0.2) is 4.98 Å². The van der Waals surface area contributed by atoms with Gasteiger partial charge in [0.2, 0.25) is 0 Å². The van der Waals surface area contributed by atoms with Crippen LogP contribution in [-0.4, -0.2) is 60.2 Å². The van der Waals surface area contributed by atoms with E-state index >= 15 is 0 Å². The number of methoxy groups -OCH3 is 1. The molecule has 34 heavy (non-hydrogen) atoms. The summed E-state index contributed by atoms with van der Waals surface area (Å²) in [6.45, 7) is 8.85. The average Bonchev–Trinajstić information content (AvgIpc) is 2.88. The van der Waals surface area contributed by atoms with Crippen molar-refractivity contribution < 1.29 is 9.84 Å². The molecule has 0 atom stereocenters. The molecule has 1 aliphatic heterocycles. The van der Waals surface area contributed by atoms with E-state index in [1.54, 1.807) is 13.2 Å². The summed E-state index contributed by atoms with van der Waals surface area (Å²) in [6, 6.07) is 19.8. The number of hydrogen-bond acceptors (Lipinski definition) is 6. The smallest absolute Gasteiger partial charge is 0.120 e. The second-order valence-corrected chi connectivity index (χ2v) is 8.43. The van der Waals surface area contributed by atoms with Crippen LogP contribution in [0.2, 0.25) is 0 Å². The van der Waals surface area contributed by atoms with Gasteiger partial charge in [0.05, 0.1) is 23.8 Å². The van der Waals surface area contributed by atoms with E-state index in [0.29, 0.717) is 5.75 Å². The highest BCUT2D eigenvalue weighted by Crippen LogP contribution is 2.36. The largest absolute Gasteiger partial charge is 0.508 e. The van der Waals surface area contributed by atoms with Gasteiger partial charge in [-0.2, -0.15) is 0 Å². The third-order valence-corrected chi connectivity index (χ3v) is 6.23. The lowest BCUT2D eigenvalue weighted by molar-refractivity contribution is 0.147. The lowest BCUT2D eigenvalue weighted by Gasteiger charge is -2.32. The number of piperazine rings is 1. The average molecular weight is 459 g/mol. The standard InChI is InChI=1S/C26H28N4O2.C2H6/c1-29-11-13-30(14-12-29)17-18-15-19(7-10-25(18)31)27-26-21-5-3-4-6-23(21)28-24-9-8-20(32-2)16-22(24)26;1-2/h3-10,15-16,31H,11-14,17H2,1-2H3,(H,27,28);1-2H3. The molecule has 178 valence electrons. The SMILES string of the molecule is CC.COc1ccc2nc3ccccc3c(Nc3ccc(O)c(CN4CCN(C)CC4)c3)c2c1. The molecular formula is C28H34N4O2. The van der Waals surface area contributed by atoms with Crippen LogP contribution >= 0.6 is 0 Å². The number of pyridine rings is 1. The topological polar surface area (TPSA) is 60.9 Å². The molecule has 6 heteroatoms. The number of likely N-dealkylation sites (N-methyl/N-ethyl adjacent to an activating group) is 1. The van der Waals surface area contributed by atoms with Crippen molar-refractivity contribution in [2.24, 2.45) is 0 Å². The molecule has 3 aromatic carbocycles. The Kier molecular flexibility index (Phi) is 7.50. The number of benzene rings is 3. The molecule has 1 fully saturated rings. The predicted octanol–water partition coefficient (Wildman–Crippen LogP) is 5.62. The second-order valence-electron chi connectivity index (χ2n) is 8.43. The number of nitrogens with one attached hydrogen (secondary N) is 1. The molecule has 2 heterocycles. The third-order valence-electron chi connectivity index (χ3n) is 6.23. The van der Waals surface area contributed by atoms with Crippen LogP contribution in [0.5, 0.6) is 11.5 Å². The van der Waals surface area contributed by atoms with Gasteiger partial charge in [0.25, 0.3) is 0 Å². The first-order valence-electron chi connectivity index (χ1n) is 12.0. The van der Waals surface area contributed by atoms with Crippen molar-refractivity contribution >= 4 is 33.2 Å². The van der Waals surface area contributed by atoms with E-state index in [1.807, 2.05) is 56.3 Å². The summed E-state index contributed by atoms with van der Waals surface area (Å²) in [5.74, 6) is 1.12. The van der Waals surface area contributed by atoms with E-state index in [2.05, 4.69) is 34.3 Å². The van der Waals surface area contributed by atoms with Gasteiger partial charge in [-0.3, -0.25) is 4.90 Å². The van der Waals surface area contributed by atoms with Crippen molar-refractivity contribution in [2.45, 2.75) is 20.4 Å². The second kappa shape index (κ2) is 10.7. The maximum absolute atomic E-state index is 10.5. The van der Waals surface area contributed by atoms with Crippen LogP contribution < -0.4 is 10.1 Å². The number of rotatable bonds is 5. The van der Waals surface area contributed by atoms with Crippen molar-refractivity contribution in [3.63, 3.8) is 0 Å². The number of para-hydroxylation sites is 1. The number of fused-ring (bicyclic) bond motifs is 2. The number of anilines is 2. The number of phenols is 1. The highest BCUT2D eigenvalue weighted by Gasteiger charge is 2.16. The summed E-state index contributed by atoms with van der Waals surface area (Å²) in [4.78, 5) is 9.55. The number of aromatic nitrogens is 1. The molecular weight excluding hydrogens is 424 g/mol. The zero-order chi connectivity index (χ0) is 24.1. The zero-order valence-corrected chi connectivity index (χ0v) is 20.5. The molecule has 0 saturated carbocycles. The molecule has 0 unspecified atom stereocenters. The van der Waals surface area contributed by atoms with E-state index in [0.717, 1.165) is 77.2 Å². The fourth-order valence-electron chi connectivity index (χ4n) is 4.31. The Hall–Kier alpha value is -3.35. The molecule has 2 N–H and O–H groups in total. The Morgan fingerprint density at radius 3 is 2.41 bits per heavy atom. The van der Waals surface area contributed by atoms with Crippen LogP contribution in [0, 0.1) is 0 Å². The van der Waals surface area contributed by atoms with Crippen molar-refractivity contribution in [1.29, 1.82) is 0 Å². The van der Waals surface area contributed by atoms with E-state index in [-0.39, 0.29) is 0 Å². The molecule has 4 aromatic rings. The molecule has 0 radical (unpaired) electrons. The van der Waals surface area contributed by atoms with Gasteiger partial charge in [-0.05, 0) is 49.5 Å². The quantitative estimate of drug-likeness (QED) is 0.299. The Bertz CT molecular complexity index is 1270. The summed E-state index contributed by atoms with van der Waals surface area (Å²) in [7, 11) is 3.82. The van der Waals surface area contributed by atoms with Crippen LogP contribution in [-0.2, 0) is 6.54 Å². The lowest BCUT2D eigenvalue weighted by Crippen LogP contribution is -2.43. The Morgan fingerprint density at radius 2 is 1.65 bits per heavy atom. The van der Waals surface area contributed by atoms with Gasteiger partial charge in [-0.1, -0.05) is 32.0 Å². The van der Waals surface area contributed by atoms with Gasteiger partial charge >= 0.3 is 0 Å². The minimum atomic E-state index is 0.334. The molecule has 0 spiro atoms. The third kappa shape index (κ3) is 5.08. The number of aromatic hydroxyl groups is 1. The maximum Gasteiger partial charge on any atom is 0.120 e. The minimum Gasteiger partial charge on any atom is -0.508 e. The summed E-state index contributed by atoms with van der Waals surface area (Å²) in [6.07, 6.45) is 0. The normalized spacial score (nSPS) is 14.6. The first-order valence-corrected chi connectivity index (χ1v) is 12.0. The van der Waals surface area contributed by atoms with Crippen molar-refractivity contribution in [1.82, 2.24) is 14.8 Å². The zero-order valence-electron chi connectivity index (χ0n) is 20.5. The minimum absolute atomic E-state index is 0.334. The molecule has 1 aliphatic rings. The van der Waals surface area contributed by atoms with Crippen molar-refractivity contribution in [3.05, 3.63) is 66.2 Å². The fraction of sp³-hybridized carbons (Fsp3) is 0.321. The lowest BCUT2D eigenvalue weighted by atomic mass is 10.1. The molecule has 0 bridgehead atoms. The van der Waals surface area contributed by atoms with Crippen LogP contribution in [0.4, 0.5) is 11.4 Å². The Labute approximate surface area is 201 Å². The Morgan fingerprint density at radius 1 is 0.912 bits per heavy atom. The van der Waals surface area contributed by atoms with Crippen LogP contribution in [0.15, 0.2) is 60.7 Å². The number of phenolic OH excluding ortho intramolecular Hbond substituents is 1. The number of hydrogen-bond donors (Lipinski definition) is 2. The highest BCUT2D eigenvalue weighted by molar-refractivity contribution is 6.09. The van der Waals surface area contributed by atoms with Gasteiger partial charge < -0.3 is 20.1 Å². The summed E-state index contributed by atoms with van der Waals surface area (Å²) in [5.41, 5.74) is 4.69. The summed E-state index contributed by atoms with van der Waals surface area (Å²) >= 11 is 0. The maximum atomic E-state index is 10.5. The van der Waals surface area contributed by atoms with Gasteiger partial charge in [0.1, 0.15) is 11.5 Å². The predicted molar refractivity (Wildman–Crippen MR) is 141 cm³/mol. The monoisotopic (exact) mass is 458 g/mol. The van der Waals surface area contributed by atoms with E-state index < -0.39 is 0 Å². The summed E-state index contributed by atoms with van der Waals surface area (Å²) < 4.78 is 5.47.